The van der Waals surface area contributed by atoms with Gasteiger partial charge < -0.3 is 9.30 Å². The molecule has 0 bridgehead atoms. The average Bonchev–Trinajstić information content (AvgIpc) is 3.71. The fraction of sp³-hybridized carbons (Fsp3) is 0.0164. The van der Waals surface area contributed by atoms with Gasteiger partial charge in [0.15, 0.2) is 0 Å². The molecule has 0 unspecified atom stereocenters. The van der Waals surface area contributed by atoms with Crippen LogP contribution in [0.5, 0.6) is 11.5 Å². The molecule has 2 aromatic heterocycles. The van der Waals surface area contributed by atoms with Gasteiger partial charge in [0.2, 0.25) is 0 Å². The number of hydrogen-bond acceptors (Lipinski definition) is 3. The van der Waals surface area contributed by atoms with E-state index in [1.807, 2.05) is 30.3 Å². The van der Waals surface area contributed by atoms with Crippen molar-refractivity contribution in [3.05, 3.63) is 264 Å². The van der Waals surface area contributed by atoms with Gasteiger partial charge >= 0.3 is 0 Å². The number of ether oxygens (including phenoxy) is 1. The number of nitriles is 1. The van der Waals surface area contributed by atoms with Crippen molar-refractivity contribution in [3.63, 3.8) is 0 Å². The van der Waals surface area contributed by atoms with Crippen LogP contribution < -0.4 is 4.74 Å². The number of aromatic nitrogens is 2. The summed E-state index contributed by atoms with van der Waals surface area (Å²) < 4.78 is 9.49. The lowest BCUT2D eigenvalue weighted by Gasteiger charge is -2.41. The summed E-state index contributed by atoms with van der Waals surface area (Å²) in [6.45, 7) is 0. The van der Waals surface area contributed by atoms with Crippen LogP contribution in [-0.2, 0) is 5.41 Å². The lowest BCUT2D eigenvalue weighted by atomic mass is 9.63. The third-order valence-corrected chi connectivity index (χ3v) is 12.9. The Morgan fingerprint density at radius 3 is 1.49 bits per heavy atom. The molecule has 11 aromatic rings. The highest BCUT2D eigenvalue weighted by molar-refractivity contribution is 6.11. The van der Waals surface area contributed by atoms with E-state index in [2.05, 4.69) is 217 Å². The predicted molar refractivity (Wildman–Crippen MR) is 263 cm³/mol. The van der Waals surface area contributed by atoms with Gasteiger partial charge in [-0.3, -0.25) is 0 Å². The maximum absolute atomic E-state index is 9.94. The Morgan fingerprint density at radius 1 is 0.400 bits per heavy atom. The second kappa shape index (κ2) is 15.5. The van der Waals surface area contributed by atoms with E-state index in [-0.39, 0.29) is 0 Å². The van der Waals surface area contributed by atoms with Gasteiger partial charge in [-0.1, -0.05) is 170 Å². The van der Waals surface area contributed by atoms with Crippen LogP contribution in [0.25, 0.3) is 72.3 Å². The van der Waals surface area contributed by atoms with Gasteiger partial charge in [-0.05, 0) is 100 Å². The van der Waals surface area contributed by atoms with E-state index >= 15 is 0 Å². The van der Waals surface area contributed by atoms with E-state index < -0.39 is 5.41 Å². The van der Waals surface area contributed by atoms with Gasteiger partial charge in [-0.2, -0.15) is 5.26 Å². The van der Waals surface area contributed by atoms with Crippen LogP contribution >= 0.6 is 0 Å². The normalized spacial score (nSPS) is 12.5. The van der Waals surface area contributed by atoms with Crippen molar-refractivity contribution >= 4 is 21.8 Å². The summed E-state index contributed by atoms with van der Waals surface area (Å²) in [6.07, 6.45) is 0. The molecule has 0 radical (unpaired) electrons. The molecular formula is C61H39N3O. The van der Waals surface area contributed by atoms with E-state index in [0.29, 0.717) is 5.56 Å². The van der Waals surface area contributed by atoms with Crippen LogP contribution in [0.2, 0.25) is 0 Å². The maximum Gasteiger partial charge on any atom is 0.132 e. The van der Waals surface area contributed by atoms with Crippen molar-refractivity contribution < 1.29 is 4.74 Å². The zero-order valence-electron chi connectivity index (χ0n) is 35.3. The molecule has 4 heteroatoms. The van der Waals surface area contributed by atoms with Gasteiger partial charge in [-0.25, -0.2) is 4.98 Å². The first-order chi connectivity index (χ1) is 32.2. The first-order valence-electron chi connectivity index (χ1n) is 21.9. The Balaban J connectivity index is 1.06. The molecule has 0 aliphatic carbocycles. The molecule has 0 saturated heterocycles. The monoisotopic (exact) mass is 829 g/mol. The molecule has 304 valence electrons. The van der Waals surface area contributed by atoms with Gasteiger partial charge in [0.05, 0.1) is 39.5 Å². The highest BCUT2D eigenvalue weighted by Gasteiger charge is 2.45. The second-order valence-electron chi connectivity index (χ2n) is 16.6. The highest BCUT2D eigenvalue weighted by atomic mass is 16.5. The summed E-state index contributed by atoms with van der Waals surface area (Å²) >= 11 is 0. The van der Waals surface area contributed by atoms with Crippen LogP contribution in [0.1, 0.15) is 27.8 Å². The van der Waals surface area contributed by atoms with Gasteiger partial charge in [0.25, 0.3) is 0 Å². The molecule has 65 heavy (non-hydrogen) atoms. The summed E-state index contributed by atoms with van der Waals surface area (Å²) in [6, 6.07) is 85.5. The van der Waals surface area contributed by atoms with Crippen molar-refractivity contribution in [1.29, 1.82) is 5.26 Å². The van der Waals surface area contributed by atoms with Crippen LogP contribution in [-0.4, -0.2) is 9.55 Å². The Labute approximate surface area is 377 Å². The number of fused-ring (bicyclic) bond motifs is 5. The van der Waals surface area contributed by atoms with Crippen molar-refractivity contribution in [2.24, 2.45) is 0 Å². The molecule has 0 atom stereocenters. The smallest absolute Gasteiger partial charge is 0.132 e. The van der Waals surface area contributed by atoms with Crippen molar-refractivity contribution in [1.82, 2.24) is 9.55 Å². The molecule has 0 N–H and O–H groups in total. The highest BCUT2D eigenvalue weighted by Crippen LogP contribution is 2.56. The van der Waals surface area contributed by atoms with Gasteiger partial charge in [0, 0.05) is 38.7 Å². The largest absolute Gasteiger partial charge is 0.457 e. The van der Waals surface area contributed by atoms with Crippen LogP contribution in [0.4, 0.5) is 0 Å². The first kappa shape index (κ1) is 37.9. The molecule has 9 aromatic carbocycles. The Bertz CT molecular complexity index is 3520. The fourth-order valence-electron chi connectivity index (χ4n) is 9.96. The molecular weight excluding hydrogens is 791 g/mol. The van der Waals surface area contributed by atoms with Gasteiger partial charge in [0.1, 0.15) is 11.5 Å². The maximum atomic E-state index is 9.94. The summed E-state index contributed by atoms with van der Waals surface area (Å²) in [5, 5.41) is 12.1. The van der Waals surface area contributed by atoms with Crippen molar-refractivity contribution in [3.8, 4) is 68.0 Å². The summed E-state index contributed by atoms with van der Waals surface area (Å²) in [5.41, 5.74) is 15.7. The summed E-state index contributed by atoms with van der Waals surface area (Å²) in [5.74, 6) is 1.56. The standard InChI is InChI=1S/C61H39N3O/c62-40-41-26-32-57-51(34-41)52-35-44(29-33-58(52)64(57)50-24-14-5-15-25-50)45-27-30-53-59(38-45)65-60-39-46(28-31-54(60)61(53,48-20-10-3-11-21-48)49-22-12-4-13-23-49)56-37-47(42-16-6-1-7-17-42)36-55(63-56)43-18-8-2-9-19-43/h1-39H. The number of benzene rings is 9. The number of rotatable bonds is 7. The van der Waals surface area contributed by atoms with E-state index in [9.17, 15) is 5.26 Å². The SMILES string of the molecule is N#Cc1ccc2c(c1)c1cc(-c3ccc4c(c3)Oc3cc(-c5cc(-c6ccccc6)cc(-c6ccccc6)n5)ccc3C4(c3ccccc3)c3ccccc3)ccc1n2-c1ccccc1. The van der Waals surface area contributed by atoms with Crippen molar-refractivity contribution in [2.45, 2.75) is 5.41 Å². The molecule has 4 nitrogen and oxygen atoms in total. The van der Waals surface area contributed by atoms with Crippen molar-refractivity contribution in [2.75, 3.05) is 0 Å². The first-order valence-corrected chi connectivity index (χ1v) is 21.9. The molecule has 1 aliphatic heterocycles. The van der Waals surface area contributed by atoms with E-state index in [1.165, 1.54) is 0 Å². The molecule has 0 amide bonds. The third-order valence-electron chi connectivity index (χ3n) is 12.9. The van der Waals surface area contributed by atoms with Gasteiger partial charge in [-0.15, -0.1) is 0 Å². The number of nitrogens with zero attached hydrogens (tertiary/aromatic N) is 3. The third kappa shape index (κ3) is 6.33. The predicted octanol–water partition coefficient (Wildman–Crippen LogP) is 15.2. The fourth-order valence-corrected chi connectivity index (χ4v) is 9.96. The Kier molecular flexibility index (Phi) is 9.07. The molecule has 0 fully saturated rings. The van der Waals surface area contributed by atoms with E-state index in [1.54, 1.807) is 0 Å². The average molecular weight is 830 g/mol. The van der Waals surface area contributed by atoms with Crippen LogP contribution in [0.3, 0.4) is 0 Å². The Morgan fingerprint density at radius 2 is 0.877 bits per heavy atom. The molecule has 12 rings (SSSR count). The quantitative estimate of drug-likeness (QED) is 0.161. The van der Waals surface area contributed by atoms with Crippen LogP contribution in [0.15, 0.2) is 237 Å². The zero-order valence-corrected chi connectivity index (χ0v) is 35.3. The summed E-state index contributed by atoms with van der Waals surface area (Å²) in [4.78, 5) is 5.30. The Hall–Kier alpha value is -8.78. The molecule has 1 aliphatic rings. The molecule has 0 spiro atoms. The topological polar surface area (TPSA) is 50.8 Å². The number of para-hydroxylation sites is 1. The molecule has 3 heterocycles. The van der Waals surface area contributed by atoms with E-state index in [0.717, 1.165) is 106 Å². The molecule has 0 saturated carbocycles. The van der Waals surface area contributed by atoms with Crippen LogP contribution in [0, 0.1) is 11.3 Å². The second-order valence-corrected chi connectivity index (χ2v) is 16.6. The minimum Gasteiger partial charge on any atom is -0.457 e. The minimum atomic E-state index is -0.697. The minimum absolute atomic E-state index is 0.631. The number of hydrogen-bond donors (Lipinski definition) is 0. The lowest BCUT2D eigenvalue weighted by molar-refractivity contribution is 0.435. The lowest BCUT2D eigenvalue weighted by Crippen LogP contribution is -2.34. The van der Waals surface area contributed by atoms with E-state index in [4.69, 9.17) is 9.72 Å². The zero-order chi connectivity index (χ0) is 43.3. The summed E-state index contributed by atoms with van der Waals surface area (Å²) in [7, 11) is 0. The number of pyridine rings is 1.